The van der Waals surface area contributed by atoms with Gasteiger partial charge in [-0.25, -0.2) is 0 Å². The van der Waals surface area contributed by atoms with Crippen LogP contribution in [0.2, 0.25) is 0 Å². The third-order valence-electron chi connectivity index (χ3n) is 7.35. The van der Waals surface area contributed by atoms with Crippen LogP contribution in [0.25, 0.3) is 0 Å². The number of carbonyl (C=O) groups is 1. The van der Waals surface area contributed by atoms with Gasteiger partial charge in [-0.05, 0) is 86.3 Å². The molecule has 6 rings (SSSR count). The number of benzene rings is 1. The van der Waals surface area contributed by atoms with E-state index in [-0.39, 0.29) is 11.9 Å². The summed E-state index contributed by atoms with van der Waals surface area (Å²) in [6, 6.07) is 6.12. The van der Waals surface area contributed by atoms with E-state index in [1.54, 1.807) is 0 Å². The Labute approximate surface area is 155 Å². The Kier molecular flexibility index (Phi) is 3.91. The van der Waals surface area contributed by atoms with Gasteiger partial charge in [0.2, 0.25) is 5.91 Å². The quantitative estimate of drug-likeness (QED) is 0.895. The summed E-state index contributed by atoms with van der Waals surface area (Å²) in [4.78, 5) is 12.7. The molecule has 4 saturated carbocycles. The molecular formula is C22H29NO3. The minimum Gasteiger partial charge on any atom is -0.486 e. The SMILES string of the molecule is C[C@@H](NC(=O)Cc1ccc2c(c1)OCCO2)C12CC3CC(CC(C3)C1)C2. The lowest BCUT2D eigenvalue weighted by Crippen LogP contribution is -2.56. The van der Waals surface area contributed by atoms with Gasteiger partial charge in [0.05, 0.1) is 6.42 Å². The number of rotatable bonds is 4. The van der Waals surface area contributed by atoms with E-state index >= 15 is 0 Å². The first-order valence-corrected chi connectivity index (χ1v) is 10.3. The summed E-state index contributed by atoms with van der Waals surface area (Å²) in [6.45, 7) is 3.41. The maximum absolute atomic E-state index is 12.7. The topological polar surface area (TPSA) is 47.6 Å². The maximum Gasteiger partial charge on any atom is 0.224 e. The monoisotopic (exact) mass is 355 g/mol. The third-order valence-corrected chi connectivity index (χ3v) is 7.35. The van der Waals surface area contributed by atoms with Crippen LogP contribution in [0, 0.1) is 23.2 Å². The van der Waals surface area contributed by atoms with Gasteiger partial charge in [-0.15, -0.1) is 0 Å². The van der Waals surface area contributed by atoms with Crippen molar-refractivity contribution < 1.29 is 14.3 Å². The lowest BCUT2D eigenvalue weighted by Gasteiger charge is -2.59. The molecule has 0 radical (unpaired) electrons. The fourth-order valence-corrected chi connectivity index (χ4v) is 6.54. The summed E-state index contributed by atoms with van der Waals surface area (Å²) >= 11 is 0. The second-order valence-electron chi connectivity index (χ2n) is 9.22. The van der Waals surface area contributed by atoms with Gasteiger partial charge in [-0.3, -0.25) is 4.79 Å². The van der Waals surface area contributed by atoms with Crippen LogP contribution in [0.15, 0.2) is 18.2 Å². The molecule has 4 aliphatic carbocycles. The van der Waals surface area contributed by atoms with Crippen molar-refractivity contribution in [3.05, 3.63) is 23.8 Å². The Hall–Kier alpha value is -1.71. The molecule has 26 heavy (non-hydrogen) atoms. The van der Waals surface area contributed by atoms with Crippen LogP contribution >= 0.6 is 0 Å². The molecule has 4 bridgehead atoms. The summed E-state index contributed by atoms with van der Waals surface area (Å²) in [5.41, 5.74) is 1.35. The highest BCUT2D eigenvalue weighted by molar-refractivity contribution is 5.79. The first-order valence-electron chi connectivity index (χ1n) is 10.3. The standard InChI is InChI=1S/C22H29NO3/c1-14(22-11-16-6-17(12-22)8-18(7-16)13-22)23-21(24)10-15-2-3-19-20(9-15)26-5-4-25-19/h2-3,9,14,16-18H,4-8,10-13H2,1H3,(H,23,24)/t14-,16?,17?,18?,22?/m1/s1. The van der Waals surface area contributed by atoms with Gasteiger partial charge in [0.15, 0.2) is 11.5 Å². The Bertz CT molecular complexity index is 678. The molecule has 1 atom stereocenters. The van der Waals surface area contributed by atoms with Crippen molar-refractivity contribution in [3.8, 4) is 11.5 Å². The van der Waals surface area contributed by atoms with Crippen molar-refractivity contribution in [1.29, 1.82) is 0 Å². The van der Waals surface area contributed by atoms with Crippen molar-refractivity contribution in [2.24, 2.45) is 23.2 Å². The van der Waals surface area contributed by atoms with E-state index in [4.69, 9.17) is 9.47 Å². The van der Waals surface area contributed by atoms with Gasteiger partial charge in [-0.2, -0.15) is 0 Å². The normalized spacial score (nSPS) is 35.2. The van der Waals surface area contributed by atoms with Crippen molar-refractivity contribution in [2.75, 3.05) is 13.2 Å². The Morgan fingerprint density at radius 1 is 1.08 bits per heavy atom. The lowest BCUT2D eigenvalue weighted by molar-refractivity contribution is -0.125. The number of fused-ring (bicyclic) bond motifs is 1. The van der Waals surface area contributed by atoms with Crippen LogP contribution < -0.4 is 14.8 Å². The van der Waals surface area contributed by atoms with E-state index in [9.17, 15) is 4.79 Å². The number of carbonyl (C=O) groups excluding carboxylic acids is 1. The highest BCUT2D eigenvalue weighted by atomic mass is 16.6. The molecule has 1 aliphatic heterocycles. The highest BCUT2D eigenvalue weighted by Gasteiger charge is 2.53. The van der Waals surface area contributed by atoms with Gasteiger partial charge < -0.3 is 14.8 Å². The summed E-state index contributed by atoms with van der Waals surface area (Å²) in [5, 5.41) is 3.35. The van der Waals surface area contributed by atoms with Crippen molar-refractivity contribution in [1.82, 2.24) is 5.32 Å². The average molecular weight is 355 g/mol. The zero-order valence-corrected chi connectivity index (χ0v) is 15.6. The van der Waals surface area contributed by atoms with Crippen LogP contribution in [0.4, 0.5) is 0 Å². The highest BCUT2D eigenvalue weighted by Crippen LogP contribution is 2.61. The fourth-order valence-electron chi connectivity index (χ4n) is 6.54. The molecule has 1 amide bonds. The van der Waals surface area contributed by atoms with E-state index < -0.39 is 0 Å². The molecule has 0 unspecified atom stereocenters. The predicted molar refractivity (Wildman–Crippen MR) is 99.3 cm³/mol. The van der Waals surface area contributed by atoms with Gasteiger partial charge in [0, 0.05) is 6.04 Å². The molecule has 0 saturated heterocycles. The molecule has 0 aromatic heterocycles. The molecule has 140 valence electrons. The second kappa shape index (κ2) is 6.17. The first-order chi connectivity index (χ1) is 12.6. The van der Waals surface area contributed by atoms with Gasteiger partial charge in [0.1, 0.15) is 13.2 Å². The zero-order chi connectivity index (χ0) is 17.7. The zero-order valence-electron chi connectivity index (χ0n) is 15.6. The average Bonchev–Trinajstić information content (AvgIpc) is 2.60. The molecular weight excluding hydrogens is 326 g/mol. The Morgan fingerprint density at radius 2 is 1.69 bits per heavy atom. The third kappa shape index (κ3) is 2.87. The van der Waals surface area contributed by atoms with Crippen LogP contribution in [-0.2, 0) is 11.2 Å². The number of amides is 1. The van der Waals surface area contributed by atoms with E-state index in [1.807, 2.05) is 18.2 Å². The van der Waals surface area contributed by atoms with Crippen LogP contribution in [0.5, 0.6) is 11.5 Å². The molecule has 0 spiro atoms. The molecule has 4 heteroatoms. The molecule has 1 aromatic rings. The minimum absolute atomic E-state index is 0.130. The molecule has 5 aliphatic rings. The summed E-state index contributed by atoms with van der Waals surface area (Å²) in [6.07, 6.45) is 8.71. The molecule has 4 fully saturated rings. The maximum atomic E-state index is 12.7. The lowest BCUT2D eigenvalue weighted by atomic mass is 9.48. The second-order valence-corrected chi connectivity index (χ2v) is 9.22. The van der Waals surface area contributed by atoms with Crippen LogP contribution in [-0.4, -0.2) is 25.2 Å². The van der Waals surface area contributed by atoms with E-state index in [0.29, 0.717) is 25.0 Å². The summed E-state index contributed by atoms with van der Waals surface area (Å²) < 4.78 is 11.2. The number of ether oxygens (including phenoxy) is 2. The first kappa shape index (κ1) is 16.5. The predicted octanol–water partition coefficient (Wildman–Crippen LogP) is 3.72. The fraction of sp³-hybridized carbons (Fsp3) is 0.682. The van der Waals surface area contributed by atoms with E-state index in [2.05, 4.69) is 12.2 Å². The van der Waals surface area contributed by atoms with Crippen LogP contribution in [0.1, 0.15) is 51.0 Å². The van der Waals surface area contributed by atoms with Gasteiger partial charge >= 0.3 is 0 Å². The molecule has 1 N–H and O–H groups in total. The van der Waals surface area contributed by atoms with Crippen molar-refractivity contribution in [2.45, 2.75) is 57.9 Å². The smallest absolute Gasteiger partial charge is 0.224 e. The van der Waals surface area contributed by atoms with Crippen molar-refractivity contribution >= 4 is 5.91 Å². The minimum atomic E-state index is 0.130. The van der Waals surface area contributed by atoms with E-state index in [1.165, 1.54) is 38.5 Å². The molecule has 1 heterocycles. The Morgan fingerprint density at radius 3 is 2.35 bits per heavy atom. The van der Waals surface area contributed by atoms with E-state index in [0.717, 1.165) is 34.8 Å². The van der Waals surface area contributed by atoms with Crippen LogP contribution in [0.3, 0.4) is 0 Å². The summed E-state index contributed by atoms with van der Waals surface area (Å²) in [7, 11) is 0. The molecule has 4 nitrogen and oxygen atoms in total. The molecule has 1 aromatic carbocycles. The van der Waals surface area contributed by atoms with Gasteiger partial charge in [0.25, 0.3) is 0 Å². The van der Waals surface area contributed by atoms with Gasteiger partial charge in [-0.1, -0.05) is 6.07 Å². The summed E-state index contributed by atoms with van der Waals surface area (Å²) in [5.74, 6) is 4.41. The number of nitrogens with one attached hydrogen (secondary N) is 1. The number of hydrogen-bond acceptors (Lipinski definition) is 3. The van der Waals surface area contributed by atoms with Crippen molar-refractivity contribution in [3.63, 3.8) is 0 Å². The Balaban J connectivity index is 1.24. The number of hydrogen-bond donors (Lipinski definition) is 1. The largest absolute Gasteiger partial charge is 0.486 e.